The van der Waals surface area contributed by atoms with Crippen LogP contribution in [0, 0.1) is 17.0 Å². The number of thioether (sulfide) groups is 1. The number of hydrogen-bond donors (Lipinski definition) is 5. The molecule has 0 radical (unpaired) electrons. The van der Waals surface area contributed by atoms with Crippen molar-refractivity contribution in [1.82, 2.24) is 26.2 Å². The fourth-order valence-electron chi connectivity index (χ4n) is 9.12. The van der Waals surface area contributed by atoms with Crippen molar-refractivity contribution >= 4 is 76.1 Å². The maximum Gasteiger partial charge on any atom is 0.416 e. The number of fused-ring (bicyclic) bond motifs is 1. The van der Waals surface area contributed by atoms with Crippen LogP contribution < -0.4 is 26.6 Å². The van der Waals surface area contributed by atoms with Gasteiger partial charge >= 0.3 is 6.18 Å². The summed E-state index contributed by atoms with van der Waals surface area (Å²) in [5.74, 6) is -5.24. The van der Waals surface area contributed by atoms with Crippen LogP contribution in [0.1, 0.15) is 157 Å². The number of benzene rings is 4. The lowest BCUT2D eigenvalue weighted by atomic mass is 9.85. The predicted molar refractivity (Wildman–Crippen MR) is 286 cm³/mol. The standard InChI is InChI=1S/C56H63ClF5N7O6S/c1-33(65-32-76-5)24-34-16-18-35(19-17-34)31-64-53(74)45-14-13-23-69(45)54(75)49(55(2,3)4)67-46(70)15-11-9-7-6-8-10-12-22-63-50(71)37-27-42-47(48(68-52(42)73)41-30-39(58)20-21-43(41)57)44(28-37)66-51(72)36-25-38(56(60,61)62)29-40(59)26-36/h16-21,24-30,32,45,48-49H,6-15,22-23,31H2,1-5H3,(H,63,71)(H,64,74)(H,66,72)(H,67,70)(H,68,73)/b33-24+,65-32?. The Morgan fingerprint density at radius 1 is 0.855 bits per heavy atom. The first kappa shape index (κ1) is 58.7. The first-order chi connectivity index (χ1) is 36.0. The number of halogens is 6. The van der Waals surface area contributed by atoms with Crippen molar-refractivity contribution in [3.63, 3.8) is 0 Å². The van der Waals surface area contributed by atoms with Gasteiger partial charge in [-0.15, -0.1) is 11.8 Å². The third-order valence-corrected chi connectivity index (χ3v) is 13.7. The van der Waals surface area contributed by atoms with E-state index in [9.17, 15) is 50.7 Å². The minimum Gasteiger partial charge on any atom is -0.352 e. The van der Waals surface area contributed by atoms with Crippen LogP contribution in [0.25, 0.3) is 6.08 Å². The van der Waals surface area contributed by atoms with E-state index in [-0.39, 0.29) is 69.7 Å². The highest BCUT2D eigenvalue weighted by Crippen LogP contribution is 2.41. The van der Waals surface area contributed by atoms with Crippen molar-refractivity contribution in [3.05, 3.63) is 140 Å². The molecule has 0 saturated carbocycles. The maximum atomic E-state index is 14.4. The Kier molecular flexibility index (Phi) is 20.4. The van der Waals surface area contributed by atoms with E-state index in [0.717, 1.165) is 61.1 Å². The third kappa shape index (κ3) is 16.0. The molecule has 4 aromatic carbocycles. The highest BCUT2D eigenvalue weighted by molar-refractivity contribution is 8.11. The van der Waals surface area contributed by atoms with Crippen LogP contribution in [0.15, 0.2) is 83.5 Å². The van der Waals surface area contributed by atoms with E-state index >= 15 is 0 Å². The van der Waals surface area contributed by atoms with Gasteiger partial charge in [0.1, 0.15) is 23.7 Å². The molecule has 406 valence electrons. The zero-order valence-corrected chi connectivity index (χ0v) is 44.6. The van der Waals surface area contributed by atoms with Crippen LogP contribution in [-0.2, 0) is 27.1 Å². The number of allylic oxidation sites excluding steroid dienone is 1. The first-order valence-electron chi connectivity index (χ1n) is 25.1. The second-order valence-corrected chi connectivity index (χ2v) is 21.1. The molecule has 20 heteroatoms. The molecule has 13 nitrogen and oxygen atoms in total. The number of anilines is 1. The SMILES string of the molecule is CSC=N/C(C)=C/c1ccc(CNC(=O)C2CCCN2C(=O)C(NC(=O)CCCCCCCCCNC(=O)c2cc(NC(=O)c3cc(F)cc(C(F)(F)F)c3)c3c(c2)C(=O)NC3c2cc(F)ccc2Cl)C(C)(C)C)cc1. The molecule has 0 aliphatic carbocycles. The van der Waals surface area contributed by atoms with Crippen LogP contribution in [-0.4, -0.2) is 77.3 Å². The Labute approximate surface area is 448 Å². The zero-order chi connectivity index (χ0) is 55.3. The van der Waals surface area contributed by atoms with Crippen LogP contribution in [0.3, 0.4) is 0 Å². The third-order valence-electron chi connectivity index (χ3n) is 13.1. The molecule has 5 N–H and O–H groups in total. The molecule has 76 heavy (non-hydrogen) atoms. The van der Waals surface area contributed by atoms with E-state index in [0.29, 0.717) is 50.9 Å². The Bertz CT molecular complexity index is 2860. The van der Waals surface area contributed by atoms with E-state index in [1.165, 1.54) is 30.0 Å². The molecular formula is C56H63ClF5N7O6S. The summed E-state index contributed by atoms with van der Waals surface area (Å²) in [6.07, 6.45) is 5.65. The number of alkyl halides is 3. The first-order valence-corrected chi connectivity index (χ1v) is 26.8. The molecule has 2 heterocycles. The van der Waals surface area contributed by atoms with Crippen molar-refractivity contribution in [2.75, 3.05) is 24.7 Å². The van der Waals surface area contributed by atoms with Crippen LogP contribution in [0.5, 0.6) is 0 Å². The number of hydrogen-bond acceptors (Lipinski definition) is 8. The number of rotatable bonds is 22. The molecule has 4 aromatic rings. The van der Waals surface area contributed by atoms with Crippen molar-refractivity contribution in [2.24, 2.45) is 10.4 Å². The van der Waals surface area contributed by atoms with E-state index in [4.69, 9.17) is 11.6 Å². The molecule has 6 amide bonds. The second-order valence-electron chi connectivity index (χ2n) is 20.0. The van der Waals surface area contributed by atoms with Crippen LogP contribution in [0.4, 0.5) is 27.6 Å². The number of carbonyl (C=O) groups excluding carboxylic acids is 6. The Morgan fingerprint density at radius 3 is 2.22 bits per heavy atom. The van der Waals surface area contributed by atoms with Crippen molar-refractivity contribution in [1.29, 1.82) is 0 Å². The van der Waals surface area contributed by atoms with Crippen molar-refractivity contribution in [2.45, 2.75) is 123 Å². The number of carbonyl (C=O) groups is 6. The van der Waals surface area contributed by atoms with Gasteiger partial charge in [0.05, 0.1) is 17.2 Å². The second kappa shape index (κ2) is 26.4. The van der Waals surface area contributed by atoms with Gasteiger partial charge in [0.15, 0.2) is 0 Å². The summed E-state index contributed by atoms with van der Waals surface area (Å²) in [6, 6.07) is 12.5. The highest BCUT2D eigenvalue weighted by atomic mass is 35.5. The van der Waals surface area contributed by atoms with Gasteiger partial charge < -0.3 is 31.5 Å². The van der Waals surface area contributed by atoms with Gasteiger partial charge in [0.25, 0.3) is 17.7 Å². The summed E-state index contributed by atoms with van der Waals surface area (Å²) in [6.45, 7) is 8.55. The van der Waals surface area contributed by atoms with Gasteiger partial charge in [0.2, 0.25) is 17.7 Å². The number of aliphatic imine (C=N–C) groups is 1. The van der Waals surface area contributed by atoms with Crippen LogP contribution >= 0.6 is 23.4 Å². The average molecular weight is 1090 g/mol. The largest absolute Gasteiger partial charge is 0.416 e. The summed E-state index contributed by atoms with van der Waals surface area (Å²) in [5.41, 5.74) is 1.73. The predicted octanol–water partition coefficient (Wildman–Crippen LogP) is 11.2. The lowest BCUT2D eigenvalue weighted by Gasteiger charge is -2.35. The molecule has 1 saturated heterocycles. The minimum atomic E-state index is -4.96. The summed E-state index contributed by atoms with van der Waals surface area (Å²) in [5, 5.41) is 13.9. The summed E-state index contributed by atoms with van der Waals surface area (Å²) < 4.78 is 69.3. The van der Waals surface area contributed by atoms with E-state index in [1.54, 1.807) is 10.4 Å². The monoisotopic (exact) mass is 1090 g/mol. The Morgan fingerprint density at radius 2 is 1.54 bits per heavy atom. The number of amides is 6. The molecular weight excluding hydrogens is 1030 g/mol. The van der Waals surface area contributed by atoms with Gasteiger partial charge in [-0.25, -0.2) is 8.78 Å². The maximum absolute atomic E-state index is 14.4. The molecule has 6 rings (SSSR count). The Hall–Kier alpha value is -6.60. The lowest BCUT2D eigenvalue weighted by molar-refractivity contribution is -0.143. The minimum absolute atomic E-state index is 0.0593. The molecule has 0 aromatic heterocycles. The molecule has 2 aliphatic heterocycles. The van der Waals surface area contributed by atoms with Crippen molar-refractivity contribution in [3.8, 4) is 0 Å². The summed E-state index contributed by atoms with van der Waals surface area (Å²) in [4.78, 5) is 86.8. The fraction of sp³-hybridized carbons (Fsp3) is 0.411. The smallest absolute Gasteiger partial charge is 0.352 e. The van der Waals surface area contributed by atoms with Gasteiger partial charge in [-0.1, -0.05) is 88.7 Å². The normalized spacial score (nSPS) is 16.1. The van der Waals surface area contributed by atoms with E-state index in [2.05, 4.69) is 31.6 Å². The highest BCUT2D eigenvalue weighted by Gasteiger charge is 2.42. The average Bonchev–Trinajstić information content (AvgIpc) is 4.00. The molecule has 1 fully saturated rings. The molecule has 3 unspecified atom stereocenters. The lowest BCUT2D eigenvalue weighted by Crippen LogP contribution is -2.57. The van der Waals surface area contributed by atoms with Gasteiger partial charge in [-0.2, -0.15) is 13.2 Å². The Balaban J connectivity index is 0.949. The van der Waals surface area contributed by atoms with Gasteiger partial charge in [0, 0.05) is 70.3 Å². The summed E-state index contributed by atoms with van der Waals surface area (Å²) >= 11 is 7.90. The van der Waals surface area contributed by atoms with E-state index < -0.39 is 70.2 Å². The molecule has 0 bridgehead atoms. The topological polar surface area (TPSA) is 178 Å². The zero-order valence-electron chi connectivity index (χ0n) is 43.0. The van der Waals surface area contributed by atoms with Crippen LogP contribution in [0.2, 0.25) is 5.02 Å². The molecule has 0 spiro atoms. The summed E-state index contributed by atoms with van der Waals surface area (Å²) in [7, 11) is 0. The number of unbranched alkanes of at least 4 members (excludes halogenated alkanes) is 6. The number of nitrogens with one attached hydrogen (secondary N) is 5. The number of nitrogens with zero attached hydrogens (tertiary/aromatic N) is 2. The van der Waals surface area contributed by atoms with Crippen molar-refractivity contribution < 1.29 is 50.7 Å². The molecule has 3 atom stereocenters. The molecule has 2 aliphatic rings. The quantitative estimate of drug-likeness (QED) is 0.0225. The van der Waals surface area contributed by atoms with Gasteiger partial charge in [-0.05, 0) is 110 Å². The van der Waals surface area contributed by atoms with Gasteiger partial charge in [-0.3, -0.25) is 33.8 Å². The van der Waals surface area contributed by atoms with E-state index in [1.807, 2.05) is 64.3 Å². The number of likely N-dealkylation sites (tertiary alicyclic amines) is 1. The fourth-order valence-corrected chi connectivity index (χ4v) is 9.62.